The van der Waals surface area contributed by atoms with Gasteiger partial charge in [-0.1, -0.05) is 38.7 Å². The van der Waals surface area contributed by atoms with E-state index in [2.05, 4.69) is 10.0 Å². The van der Waals surface area contributed by atoms with Gasteiger partial charge in [-0.3, -0.25) is 4.79 Å². The molecule has 1 aliphatic carbocycles. The quantitative estimate of drug-likeness (QED) is 0.590. The summed E-state index contributed by atoms with van der Waals surface area (Å²) < 4.78 is 26.8. The molecule has 4 N–H and O–H groups in total. The van der Waals surface area contributed by atoms with Crippen molar-refractivity contribution in [1.29, 1.82) is 0 Å². The van der Waals surface area contributed by atoms with Gasteiger partial charge in [-0.25, -0.2) is 13.1 Å². The Labute approximate surface area is 162 Å². The normalized spacial score (nSPS) is 16.1. The number of benzene rings is 1. The first-order valence-corrected chi connectivity index (χ1v) is 10.5. The van der Waals surface area contributed by atoms with Crippen molar-refractivity contribution in [2.24, 2.45) is 17.6 Å². The minimum Gasteiger partial charge on any atom is -0.329 e. The van der Waals surface area contributed by atoms with Gasteiger partial charge >= 0.3 is 0 Å². The molecule has 0 heterocycles. The average Bonchev–Trinajstić information content (AvgIpc) is 3.11. The Kier molecular flexibility index (Phi) is 9.57. The van der Waals surface area contributed by atoms with Crippen LogP contribution >= 0.6 is 12.4 Å². The Morgan fingerprint density at radius 2 is 2.00 bits per heavy atom. The number of anilines is 1. The number of rotatable bonds is 9. The van der Waals surface area contributed by atoms with Crippen molar-refractivity contribution in [2.45, 2.75) is 50.3 Å². The van der Waals surface area contributed by atoms with Crippen LogP contribution < -0.4 is 15.8 Å². The molecule has 1 aromatic rings. The number of amides is 1. The van der Waals surface area contributed by atoms with Gasteiger partial charge in [-0.05, 0) is 37.0 Å². The lowest BCUT2D eigenvalue weighted by Crippen LogP contribution is -2.29. The Morgan fingerprint density at radius 1 is 1.31 bits per heavy atom. The van der Waals surface area contributed by atoms with Crippen molar-refractivity contribution >= 4 is 34.0 Å². The average molecular weight is 404 g/mol. The third-order valence-corrected chi connectivity index (χ3v) is 6.26. The van der Waals surface area contributed by atoms with Crippen LogP contribution in [0.5, 0.6) is 0 Å². The standard InChI is InChI=1S/C18H29N3O3S.ClH/c1-2-15(12-14-6-3-4-7-14)18(22)21-16-8-5-9-17(13-16)25(23,24)20-11-10-19;/h5,8-9,13-15,20H,2-4,6-7,10-12,19H2,1H3,(H,21,22);1H. The van der Waals surface area contributed by atoms with Crippen LogP contribution in [-0.4, -0.2) is 27.4 Å². The van der Waals surface area contributed by atoms with E-state index in [0.717, 1.165) is 12.8 Å². The SMILES string of the molecule is CCC(CC1CCCC1)C(=O)Nc1cccc(S(=O)(=O)NCCN)c1.Cl. The van der Waals surface area contributed by atoms with Crippen molar-refractivity contribution in [3.8, 4) is 0 Å². The van der Waals surface area contributed by atoms with Gasteiger partial charge in [-0.15, -0.1) is 12.4 Å². The number of nitrogens with one attached hydrogen (secondary N) is 2. The molecule has 2 rings (SSSR count). The van der Waals surface area contributed by atoms with Crippen molar-refractivity contribution in [2.75, 3.05) is 18.4 Å². The van der Waals surface area contributed by atoms with E-state index in [9.17, 15) is 13.2 Å². The van der Waals surface area contributed by atoms with Gasteiger partial charge in [-0.2, -0.15) is 0 Å². The molecule has 1 aromatic carbocycles. The molecular formula is C18H30ClN3O3S. The Hall–Kier alpha value is -1.15. The number of hydrogen-bond acceptors (Lipinski definition) is 4. The highest BCUT2D eigenvalue weighted by atomic mass is 35.5. The topological polar surface area (TPSA) is 101 Å². The van der Waals surface area contributed by atoms with E-state index in [0.29, 0.717) is 11.6 Å². The van der Waals surface area contributed by atoms with Gasteiger partial charge in [0.15, 0.2) is 0 Å². The number of carbonyl (C=O) groups excluding carboxylic acids is 1. The van der Waals surface area contributed by atoms with Crippen molar-refractivity contribution < 1.29 is 13.2 Å². The predicted molar refractivity (Wildman–Crippen MR) is 107 cm³/mol. The van der Waals surface area contributed by atoms with Crippen molar-refractivity contribution in [3.05, 3.63) is 24.3 Å². The fourth-order valence-corrected chi connectivity index (χ4v) is 4.46. The number of nitrogens with two attached hydrogens (primary N) is 1. The molecule has 8 heteroatoms. The molecule has 1 atom stereocenters. The first-order chi connectivity index (χ1) is 12.0. The van der Waals surface area contributed by atoms with Gasteiger partial charge < -0.3 is 11.1 Å². The van der Waals surface area contributed by atoms with Gasteiger partial charge in [0.2, 0.25) is 15.9 Å². The lowest BCUT2D eigenvalue weighted by atomic mass is 9.91. The summed E-state index contributed by atoms with van der Waals surface area (Å²) in [5.74, 6) is 0.584. The molecule has 0 aliphatic heterocycles. The summed E-state index contributed by atoms with van der Waals surface area (Å²) in [5, 5.41) is 2.88. The highest BCUT2D eigenvalue weighted by Crippen LogP contribution is 2.31. The summed E-state index contributed by atoms with van der Waals surface area (Å²) in [6, 6.07) is 6.33. The highest BCUT2D eigenvalue weighted by Gasteiger charge is 2.24. The van der Waals surface area contributed by atoms with Crippen LogP contribution in [0.3, 0.4) is 0 Å². The van der Waals surface area contributed by atoms with Crippen LogP contribution in [-0.2, 0) is 14.8 Å². The van der Waals surface area contributed by atoms with Gasteiger partial charge in [0, 0.05) is 24.7 Å². The fraction of sp³-hybridized carbons (Fsp3) is 0.611. The zero-order valence-electron chi connectivity index (χ0n) is 15.2. The minimum atomic E-state index is -3.61. The van der Waals surface area contributed by atoms with Crippen molar-refractivity contribution in [3.63, 3.8) is 0 Å². The molecule has 1 aliphatic rings. The first-order valence-electron chi connectivity index (χ1n) is 9.07. The lowest BCUT2D eigenvalue weighted by molar-refractivity contribution is -0.120. The van der Waals surface area contributed by atoms with E-state index in [4.69, 9.17) is 5.73 Å². The molecular weight excluding hydrogens is 374 g/mol. The summed E-state index contributed by atoms with van der Waals surface area (Å²) in [6.45, 7) is 2.43. The third-order valence-electron chi connectivity index (χ3n) is 4.80. The van der Waals surface area contributed by atoms with Crippen LogP contribution in [0.15, 0.2) is 29.2 Å². The third kappa shape index (κ3) is 6.54. The smallest absolute Gasteiger partial charge is 0.240 e. The van der Waals surface area contributed by atoms with Crippen LogP contribution in [0.4, 0.5) is 5.69 Å². The van der Waals surface area contributed by atoms with Crippen LogP contribution in [0.1, 0.15) is 45.4 Å². The second-order valence-electron chi connectivity index (χ2n) is 6.69. The molecule has 1 fully saturated rings. The van der Waals surface area contributed by atoms with E-state index in [1.807, 2.05) is 6.92 Å². The highest BCUT2D eigenvalue weighted by molar-refractivity contribution is 7.89. The van der Waals surface area contributed by atoms with E-state index in [1.165, 1.54) is 37.8 Å². The second-order valence-corrected chi connectivity index (χ2v) is 8.46. The van der Waals surface area contributed by atoms with Gasteiger partial charge in [0.1, 0.15) is 0 Å². The van der Waals surface area contributed by atoms with Crippen LogP contribution in [0.2, 0.25) is 0 Å². The number of sulfonamides is 1. The Morgan fingerprint density at radius 3 is 2.62 bits per heavy atom. The number of carbonyl (C=O) groups is 1. The Balaban J connectivity index is 0.00000338. The molecule has 1 saturated carbocycles. The zero-order valence-corrected chi connectivity index (χ0v) is 16.9. The summed E-state index contributed by atoms with van der Waals surface area (Å²) in [4.78, 5) is 12.7. The fourth-order valence-electron chi connectivity index (χ4n) is 3.37. The second kappa shape index (κ2) is 10.9. The van der Waals surface area contributed by atoms with E-state index >= 15 is 0 Å². The molecule has 0 bridgehead atoms. The maximum absolute atomic E-state index is 12.6. The maximum Gasteiger partial charge on any atom is 0.240 e. The largest absolute Gasteiger partial charge is 0.329 e. The molecule has 0 saturated heterocycles. The molecule has 0 aromatic heterocycles. The number of halogens is 1. The van der Waals surface area contributed by atoms with E-state index < -0.39 is 10.0 Å². The van der Waals surface area contributed by atoms with Gasteiger partial charge in [0.25, 0.3) is 0 Å². The summed E-state index contributed by atoms with van der Waals surface area (Å²) >= 11 is 0. The molecule has 1 unspecified atom stereocenters. The van der Waals surface area contributed by atoms with Gasteiger partial charge in [0.05, 0.1) is 4.90 Å². The van der Waals surface area contributed by atoms with Crippen LogP contribution in [0, 0.1) is 11.8 Å². The molecule has 0 radical (unpaired) electrons. The molecule has 6 nitrogen and oxygen atoms in total. The molecule has 148 valence electrons. The predicted octanol–water partition coefficient (Wildman–Crippen LogP) is 2.89. The van der Waals surface area contributed by atoms with Crippen LogP contribution in [0.25, 0.3) is 0 Å². The lowest BCUT2D eigenvalue weighted by Gasteiger charge is -2.19. The molecule has 1 amide bonds. The number of hydrogen-bond donors (Lipinski definition) is 3. The summed E-state index contributed by atoms with van der Waals surface area (Å²) in [7, 11) is -3.61. The Bertz CT molecular complexity index is 676. The van der Waals surface area contributed by atoms with Crippen molar-refractivity contribution in [1.82, 2.24) is 4.72 Å². The molecule has 0 spiro atoms. The van der Waals surface area contributed by atoms with E-state index in [1.54, 1.807) is 12.1 Å². The monoisotopic (exact) mass is 403 g/mol. The summed E-state index contributed by atoms with van der Waals surface area (Å²) in [6.07, 6.45) is 6.66. The zero-order chi connectivity index (χ0) is 18.3. The minimum absolute atomic E-state index is 0. The molecule has 26 heavy (non-hydrogen) atoms. The first kappa shape index (κ1) is 22.9. The summed E-state index contributed by atoms with van der Waals surface area (Å²) in [5.41, 5.74) is 5.85. The van der Waals surface area contributed by atoms with E-state index in [-0.39, 0.29) is 42.2 Å². The maximum atomic E-state index is 12.6.